The number of pyridine rings is 1. The first-order valence-corrected chi connectivity index (χ1v) is 4.96. The third-order valence-corrected chi connectivity index (χ3v) is 2.57. The van der Waals surface area contributed by atoms with E-state index in [0.717, 1.165) is 11.1 Å². The van der Waals surface area contributed by atoms with Crippen LogP contribution >= 0.6 is 0 Å². The predicted molar refractivity (Wildman–Crippen MR) is 63.6 cm³/mol. The number of anilines is 1. The Morgan fingerprint density at radius 2 is 1.80 bits per heavy atom. The zero-order valence-corrected chi connectivity index (χ0v) is 8.99. The van der Waals surface area contributed by atoms with Crippen LogP contribution in [-0.4, -0.2) is 4.98 Å². The molecular weight excluding hydrogens is 184 g/mol. The highest BCUT2D eigenvalue weighted by atomic mass is 14.8. The molecular formula is C13H14N2. The number of hydrogen-bond donors (Lipinski definition) is 1. The van der Waals surface area contributed by atoms with E-state index in [9.17, 15) is 0 Å². The van der Waals surface area contributed by atoms with Crippen LogP contribution < -0.4 is 5.73 Å². The number of aryl methyl sites for hydroxylation is 2. The molecule has 0 fully saturated rings. The van der Waals surface area contributed by atoms with Gasteiger partial charge >= 0.3 is 0 Å². The van der Waals surface area contributed by atoms with Gasteiger partial charge in [-0.15, -0.1) is 0 Å². The van der Waals surface area contributed by atoms with Crippen LogP contribution in [0, 0.1) is 13.8 Å². The number of benzene rings is 1. The summed E-state index contributed by atoms with van der Waals surface area (Å²) in [6, 6.07) is 10.3. The second kappa shape index (κ2) is 3.73. The third kappa shape index (κ3) is 1.84. The highest BCUT2D eigenvalue weighted by Crippen LogP contribution is 2.24. The molecule has 0 spiro atoms. The van der Waals surface area contributed by atoms with Crippen molar-refractivity contribution < 1.29 is 0 Å². The Balaban J connectivity index is 2.55. The summed E-state index contributed by atoms with van der Waals surface area (Å²) < 4.78 is 0. The van der Waals surface area contributed by atoms with Gasteiger partial charge in [-0.2, -0.15) is 0 Å². The lowest BCUT2D eigenvalue weighted by molar-refractivity contribution is 1.27. The van der Waals surface area contributed by atoms with E-state index in [2.05, 4.69) is 30.1 Å². The van der Waals surface area contributed by atoms with E-state index in [4.69, 9.17) is 5.73 Å². The minimum atomic E-state index is 0.604. The molecule has 15 heavy (non-hydrogen) atoms. The monoisotopic (exact) mass is 198 g/mol. The molecule has 2 N–H and O–H groups in total. The molecule has 0 bridgehead atoms. The van der Waals surface area contributed by atoms with Gasteiger partial charge in [0.05, 0.1) is 0 Å². The van der Waals surface area contributed by atoms with E-state index in [-0.39, 0.29) is 0 Å². The summed E-state index contributed by atoms with van der Waals surface area (Å²) in [7, 11) is 0. The van der Waals surface area contributed by atoms with Crippen molar-refractivity contribution in [2.45, 2.75) is 13.8 Å². The van der Waals surface area contributed by atoms with Gasteiger partial charge in [0.25, 0.3) is 0 Å². The van der Waals surface area contributed by atoms with Crippen LogP contribution in [0.1, 0.15) is 11.1 Å². The summed E-state index contributed by atoms with van der Waals surface area (Å²) in [5.41, 5.74) is 10.3. The van der Waals surface area contributed by atoms with Crippen molar-refractivity contribution in [3.63, 3.8) is 0 Å². The fraction of sp³-hybridized carbons (Fsp3) is 0.154. The molecule has 0 saturated carbocycles. The lowest BCUT2D eigenvalue weighted by atomic mass is 10.0. The molecule has 0 atom stereocenters. The molecule has 2 aromatic rings. The minimum Gasteiger partial charge on any atom is -0.383 e. The molecule has 2 rings (SSSR count). The highest BCUT2D eigenvalue weighted by Gasteiger charge is 2.03. The molecule has 0 radical (unpaired) electrons. The summed E-state index contributed by atoms with van der Waals surface area (Å²) in [4.78, 5) is 4.17. The molecule has 1 aromatic carbocycles. The molecule has 2 nitrogen and oxygen atoms in total. The Labute approximate surface area is 89.8 Å². The summed E-state index contributed by atoms with van der Waals surface area (Å²) in [6.07, 6.45) is 1.82. The van der Waals surface area contributed by atoms with Crippen LogP contribution in [0.3, 0.4) is 0 Å². The van der Waals surface area contributed by atoms with Gasteiger partial charge in [-0.3, -0.25) is 0 Å². The quantitative estimate of drug-likeness (QED) is 0.765. The lowest BCUT2D eigenvalue weighted by Gasteiger charge is -2.07. The Morgan fingerprint density at radius 1 is 1.07 bits per heavy atom. The molecule has 0 aliphatic rings. The van der Waals surface area contributed by atoms with Crippen LogP contribution in [0.15, 0.2) is 36.5 Å². The molecule has 0 unspecified atom stereocenters. The van der Waals surface area contributed by atoms with Gasteiger partial charge < -0.3 is 5.73 Å². The maximum Gasteiger partial charge on any atom is 0.126 e. The maximum absolute atomic E-state index is 5.69. The van der Waals surface area contributed by atoms with Gasteiger partial charge in [0.1, 0.15) is 5.82 Å². The zero-order chi connectivity index (χ0) is 10.8. The molecule has 76 valence electrons. The van der Waals surface area contributed by atoms with E-state index in [0.29, 0.717) is 5.82 Å². The second-order valence-electron chi connectivity index (χ2n) is 3.74. The van der Waals surface area contributed by atoms with Crippen molar-refractivity contribution in [3.05, 3.63) is 47.7 Å². The van der Waals surface area contributed by atoms with Gasteiger partial charge in [0.2, 0.25) is 0 Å². The number of aromatic nitrogens is 1. The molecule has 2 heteroatoms. The van der Waals surface area contributed by atoms with Gasteiger partial charge in [-0.25, -0.2) is 4.98 Å². The summed E-state index contributed by atoms with van der Waals surface area (Å²) in [5.74, 6) is 0.604. The molecule has 1 aromatic heterocycles. The van der Waals surface area contributed by atoms with Gasteiger partial charge in [0, 0.05) is 11.8 Å². The van der Waals surface area contributed by atoms with Crippen molar-refractivity contribution in [1.29, 1.82) is 0 Å². The van der Waals surface area contributed by atoms with Gasteiger partial charge in [0.15, 0.2) is 0 Å². The van der Waals surface area contributed by atoms with Gasteiger partial charge in [-0.1, -0.05) is 24.3 Å². The van der Waals surface area contributed by atoms with Crippen LogP contribution in [0.5, 0.6) is 0 Å². The van der Waals surface area contributed by atoms with Crippen LogP contribution in [0.2, 0.25) is 0 Å². The number of nitrogen functional groups attached to an aromatic ring is 1. The highest BCUT2D eigenvalue weighted by molar-refractivity contribution is 5.68. The van der Waals surface area contributed by atoms with Crippen LogP contribution in [-0.2, 0) is 0 Å². The molecule has 0 aliphatic heterocycles. The van der Waals surface area contributed by atoms with Crippen molar-refractivity contribution in [2.24, 2.45) is 0 Å². The minimum absolute atomic E-state index is 0.604. The number of nitrogens with two attached hydrogens (primary N) is 1. The van der Waals surface area contributed by atoms with Crippen molar-refractivity contribution in [2.75, 3.05) is 5.73 Å². The van der Waals surface area contributed by atoms with Crippen molar-refractivity contribution in [3.8, 4) is 11.1 Å². The summed E-state index contributed by atoms with van der Waals surface area (Å²) in [5, 5.41) is 0. The number of rotatable bonds is 1. The predicted octanol–water partition coefficient (Wildman–Crippen LogP) is 2.95. The summed E-state index contributed by atoms with van der Waals surface area (Å²) >= 11 is 0. The second-order valence-corrected chi connectivity index (χ2v) is 3.74. The Kier molecular flexibility index (Phi) is 2.42. The summed E-state index contributed by atoms with van der Waals surface area (Å²) in [6.45, 7) is 4.07. The van der Waals surface area contributed by atoms with Crippen LogP contribution in [0.25, 0.3) is 11.1 Å². The third-order valence-electron chi connectivity index (χ3n) is 2.57. The number of hydrogen-bond acceptors (Lipinski definition) is 2. The average molecular weight is 198 g/mol. The Morgan fingerprint density at radius 3 is 2.47 bits per heavy atom. The van der Waals surface area contributed by atoms with E-state index in [1.165, 1.54) is 11.1 Å². The van der Waals surface area contributed by atoms with E-state index in [1.807, 2.05) is 25.3 Å². The van der Waals surface area contributed by atoms with E-state index in [1.54, 1.807) is 0 Å². The van der Waals surface area contributed by atoms with E-state index >= 15 is 0 Å². The fourth-order valence-electron chi connectivity index (χ4n) is 1.63. The van der Waals surface area contributed by atoms with Crippen molar-refractivity contribution >= 4 is 5.82 Å². The molecule has 0 aliphatic carbocycles. The number of nitrogens with zero attached hydrogens (tertiary/aromatic N) is 1. The molecule has 0 amide bonds. The first-order valence-electron chi connectivity index (χ1n) is 4.96. The smallest absolute Gasteiger partial charge is 0.126 e. The standard InChI is InChI=1S/C13H14N2/c1-9-5-3-4-6-12(9)11-7-10(2)13(14)15-8-11/h3-8H,1-2H3,(H2,14,15). The van der Waals surface area contributed by atoms with E-state index < -0.39 is 0 Å². The Hall–Kier alpha value is -1.83. The molecule has 0 saturated heterocycles. The lowest BCUT2D eigenvalue weighted by Crippen LogP contribution is -1.94. The fourth-order valence-corrected chi connectivity index (χ4v) is 1.63. The molecule has 1 heterocycles. The zero-order valence-electron chi connectivity index (χ0n) is 8.99. The first-order chi connectivity index (χ1) is 7.18. The Bertz CT molecular complexity index is 490. The topological polar surface area (TPSA) is 38.9 Å². The van der Waals surface area contributed by atoms with Crippen LogP contribution in [0.4, 0.5) is 5.82 Å². The maximum atomic E-state index is 5.69. The largest absolute Gasteiger partial charge is 0.383 e. The SMILES string of the molecule is Cc1ccccc1-c1cnc(N)c(C)c1. The van der Waals surface area contributed by atoms with Gasteiger partial charge in [-0.05, 0) is 36.6 Å². The average Bonchev–Trinajstić information content (AvgIpc) is 2.23. The normalized spacial score (nSPS) is 10.3. The first kappa shape index (κ1) is 9.71. The van der Waals surface area contributed by atoms with Crippen molar-refractivity contribution in [1.82, 2.24) is 4.98 Å².